The molecule has 0 spiro atoms. The monoisotopic (exact) mass is 469 g/mol. The van der Waals surface area contributed by atoms with Gasteiger partial charge in [-0.15, -0.1) is 24.0 Å². The number of ether oxygens (including phenoxy) is 1. The first-order chi connectivity index (χ1) is 10.9. The molecule has 1 aromatic rings. The molecule has 0 saturated carbocycles. The second kappa shape index (κ2) is 12.5. The molecule has 0 radical (unpaired) electrons. The van der Waals surface area contributed by atoms with Crippen LogP contribution < -0.4 is 10.6 Å². The Labute approximate surface area is 162 Å². The lowest BCUT2D eigenvalue weighted by atomic mass is 10.1. The smallest absolute Gasteiger partial charge is 0.191 e. The maximum Gasteiger partial charge on any atom is 0.191 e. The number of guanidine groups is 1. The average Bonchev–Trinajstić information content (AvgIpc) is 2.48. The number of nitrogens with zero attached hydrogens (tertiary/aromatic N) is 1. The summed E-state index contributed by atoms with van der Waals surface area (Å²) >= 11 is 0. The number of nitrogens with one attached hydrogen (secondary N) is 2. The summed E-state index contributed by atoms with van der Waals surface area (Å²) in [6.45, 7) is 6.69. The highest BCUT2D eigenvalue weighted by molar-refractivity contribution is 14.0. The van der Waals surface area contributed by atoms with Crippen LogP contribution in [0, 0.1) is 6.92 Å². The maximum absolute atomic E-state index is 11.0. The molecule has 2 N–H and O–H groups in total. The fraction of sp³-hybridized carbons (Fsp3) is 0.562. The molecule has 1 aromatic carbocycles. The second-order valence-corrected chi connectivity index (χ2v) is 7.55. The largest absolute Gasteiger partial charge is 0.379 e. The fourth-order valence-electron chi connectivity index (χ4n) is 1.85. The zero-order valence-corrected chi connectivity index (χ0v) is 17.7. The minimum Gasteiger partial charge on any atom is -0.379 e. The van der Waals surface area contributed by atoms with Gasteiger partial charge in [0.25, 0.3) is 0 Å². The number of hydrogen-bond acceptors (Lipinski definition) is 4. The van der Waals surface area contributed by atoms with Gasteiger partial charge in [0.2, 0.25) is 0 Å². The topological polar surface area (TPSA) is 79.8 Å². The van der Waals surface area contributed by atoms with E-state index in [0.29, 0.717) is 19.7 Å². The van der Waals surface area contributed by atoms with Crippen molar-refractivity contribution in [3.05, 3.63) is 35.4 Å². The molecule has 0 atom stereocenters. The standard InChI is InChI=1S/C16H27N3O3S.HI/c1-4-17-16(18-9-10-22-11-12-23(3,20)21)19-13-15-8-6-5-7-14(15)2;/h5-8H,4,9-13H2,1-3H3,(H2,17,18,19);1H. The van der Waals surface area contributed by atoms with Crippen LogP contribution in [-0.4, -0.2) is 52.7 Å². The van der Waals surface area contributed by atoms with E-state index in [4.69, 9.17) is 4.74 Å². The maximum atomic E-state index is 11.0. The zero-order valence-electron chi connectivity index (χ0n) is 14.5. The van der Waals surface area contributed by atoms with E-state index in [1.54, 1.807) is 0 Å². The normalized spacial score (nSPS) is 11.7. The molecule has 8 heteroatoms. The van der Waals surface area contributed by atoms with Crippen LogP contribution in [0.4, 0.5) is 0 Å². The van der Waals surface area contributed by atoms with E-state index >= 15 is 0 Å². The molecule has 0 saturated heterocycles. The van der Waals surface area contributed by atoms with Crippen molar-refractivity contribution in [3.8, 4) is 0 Å². The Balaban J connectivity index is 0.00000529. The molecule has 1 rings (SSSR count). The third-order valence-corrected chi connectivity index (χ3v) is 4.06. The summed E-state index contributed by atoms with van der Waals surface area (Å²) < 4.78 is 27.3. The first kappa shape index (κ1) is 23.1. The van der Waals surface area contributed by atoms with Gasteiger partial charge in [-0.3, -0.25) is 0 Å². The lowest BCUT2D eigenvalue weighted by Gasteiger charge is -2.12. The van der Waals surface area contributed by atoms with Crippen molar-refractivity contribution in [1.29, 1.82) is 0 Å². The minimum absolute atomic E-state index is 0. The third-order valence-electron chi connectivity index (χ3n) is 3.15. The van der Waals surface area contributed by atoms with Gasteiger partial charge < -0.3 is 15.4 Å². The lowest BCUT2D eigenvalue weighted by Crippen LogP contribution is -2.39. The van der Waals surface area contributed by atoms with E-state index in [1.165, 1.54) is 17.4 Å². The van der Waals surface area contributed by atoms with Crippen LogP contribution in [0.1, 0.15) is 18.1 Å². The van der Waals surface area contributed by atoms with Crippen molar-refractivity contribution in [1.82, 2.24) is 10.6 Å². The van der Waals surface area contributed by atoms with Crippen LogP contribution in [0.5, 0.6) is 0 Å². The van der Waals surface area contributed by atoms with Crippen LogP contribution in [0.15, 0.2) is 29.3 Å². The molecule has 0 unspecified atom stereocenters. The fourth-order valence-corrected chi connectivity index (χ4v) is 2.27. The van der Waals surface area contributed by atoms with Gasteiger partial charge in [0.05, 0.1) is 25.5 Å². The Morgan fingerprint density at radius 1 is 1.21 bits per heavy atom. The van der Waals surface area contributed by atoms with Gasteiger partial charge >= 0.3 is 0 Å². The Hall–Kier alpha value is -0.870. The highest BCUT2D eigenvalue weighted by Gasteiger charge is 2.02. The second-order valence-electron chi connectivity index (χ2n) is 5.29. The van der Waals surface area contributed by atoms with Crippen molar-refractivity contribution in [2.24, 2.45) is 4.99 Å². The van der Waals surface area contributed by atoms with E-state index in [-0.39, 0.29) is 36.3 Å². The van der Waals surface area contributed by atoms with Gasteiger partial charge in [0.1, 0.15) is 9.84 Å². The van der Waals surface area contributed by atoms with Crippen LogP contribution in [-0.2, 0) is 21.1 Å². The van der Waals surface area contributed by atoms with E-state index in [9.17, 15) is 8.42 Å². The molecule has 24 heavy (non-hydrogen) atoms. The van der Waals surface area contributed by atoms with Gasteiger partial charge in [0, 0.05) is 19.3 Å². The van der Waals surface area contributed by atoms with Gasteiger partial charge in [0.15, 0.2) is 5.96 Å². The van der Waals surface area contributed by atoms with Gasteiger partial charge in [-0.25, -0.2) is 13.4 Å². The number of sulfone groups is 1. The van der Waals surface area contributed by atoms with Crippen molar-refractivity contribution in [2.45, 2.75) is 20.4 Å². The van der Waals surface area contributed by atoms with Crippen LogP contribution in [0.2, 0.25) is 0 Å². The van der Waals surface area contributed by atoms with Crippen molar-refractivity contribution < 1.29 is 13.2 Å². The Morgan fingerprint density at radius 3 is 2.54 bits per heavy atom. The first-order valence-electron chi connectivity index (χ1n) is 7.74. The molecule has 0 aliphatic rings. The SMILES string of the molecule is CCNC(=NCc1ccccc1C)NCCOCCS(C)(=O)=O.I. The summed E-state index contributed by atoms with van der Waals surface area (Å²) in [4.78, 5) is 4.54. The lowest BCUT2D eigenvalue weighted by molar-refractivity contribution is 0.154. The van der Waals surface area contributed by atoms with Gasteiger partial charge in [-0.05, 0) is 25.0 Å². The summed E-state index contributed by atoms with van der Waals surface area (Å²) in [6, 6.07) is 8.16. The first-order valence-corrected chi connectivity index (χ1v) is 9.80. The molecule has 0 aliphatic heterocycles. The summed E-state index contributed by atoms with van der Waals surface area (Å²) in [6.07, 6.45) is 1.20. The predicted octanol–water partition coefficient (Wildman–Crippen LogP) is 1.73. The minimum atomic E-state index is -2.96. The summed E-state index contributed by atoms with van der Waals surface area (Å²) in [5.74, 6) is 0.775. The summed E-state index contributed by atoms with van der Waals surface area (Å²) in [5.41, 5.74) is 2.41. The van der Waals surface area contributed by atoms with Crippen LogP contribution in [0.3, 0.4) is 0 Å². The molecule has 6 nitrogen and oxygen atoms in total. The van der Waals surface area contributed by atoms with E-state index < -0.39 is 9.84 Å². The Morgan fingerprint density at radius 2 is 1.92 bits per heavy atom. The molecule has 0 bridgehead atoms. The molecule has 0 heterocycles. The van der Waals surface area contributed by atoms with Crippen LogP contribution in [0.25, 0.3) is 0 Å². The van der Waals surface area contributed by atoms with Gasteiger partial charge in [-0.2, -0.15) is 0 Å². The van der Waals surface area contributed by atoms with Gasteiger partial charge in [-0.1, -0.05) is 24.3 Å². The highest BCUT2D eigenvalue weighted by atomic mass is 127. The summed E-state index contributed by atoms with van der Waals surface area (Å²) in [5, 5.41) is 6.35. The van der Waals surface area contributed by atoms with Crippen molar-refractivity contribution in [3.63, 3.8) is 0 Å². The molecule has 0 fully saturated rings. The molecular weight excluding hydrogens is 441 g/mol. The van der Waals surface area contributed by atoms with Crippen LogP contribution >= 0.6 is 24.0 Å². The van der Waals surface area contributed by atoms with E-state index in [1.807, 2.05) is 19.1 Å². The molecule has 138 valence electrons. The number of aliphatic imine (C=N–C) groups is 1. The van der Waals surface area contributed by atoms with E-state index in [0.717, 1.165) is 12.5 Å². The van der Waals surface area contributed by atoms with Crippen molar-refractivity contribution >= 4 is 39.8 Å². The molecule has 0 aromatic heterocycles. The average molecular weight is 469 g/mol. The Bertz CT molecular complexity index is 606. The van der Waals surface area contributed by atoms with Crippen molar-refractivity contribution in [2.75, 3.05) is 38.3 Å². The number of halogens is 1. The predicted molar refractivity (Wildman–Crippen MR) is 110 cm³/mol. The highest BCUT2D eigenvalue weighted by Crippen LogP contribution is 2.07. The molecule has 0 amide bonds. The number of rotatable bonds is 9. The quantitative estimate of drug-likeness (QED) is 0.249. The number of benzene rings is 1. The van der Waals surface area contributed by atoms with E-state index in [2.05, 4.69) is 34.7 Å². The molecular formula is C16H28IN3O3S. The summed E-state index contributed by atoms with van der Waals surface area (Å²) in [7, 11) is -2.96. The number of aryl methyl sites for hydroxylation is 1. The molecule has 0 aliphatic carbocycles. The number of hydrogen-bond donors (Lipinski definition) is 2. The zero-order chi connectivity index (χ0) is 17.1. The Kier molecular flexibility index (Phi) is 12.0. The third kappa shape index (κ3) is 10.8.